The van der Waals surface area contributed by atoms with Crippen LogP contribution in [-0.4, -0.2) is 47.5 Å². The van der Waals surface area contributed by atoms with Gasteiger partial charge in [-0.15, -0.1) is 0 Å². The SMILES string of the molecule is CN(CCc1ccccc1)[C@@H]1CCCN(Cc2cccc3cccnc23)C1. The van der Waals surface area contributed by atoms with E-state index in [0.29, 0.717) is 6.04 Å². The molecule has 0 unspecified atom stereocenters. The number of piperidine rings is 1. The summed E-state index contributed by atoms with van der Waals surface area (Å²) >= 11 is 0. The number of nitrogens with zero attached hydrogens (tertiary/aromatic N) is 3. The van der Waals surface area contributed by atoms with Gasteiger partial charge in [0.2, 0.25) is 0 Å². The molecule has 1 aliphatic heterocycles. The minimum atomic E-state index is 0.644. The first-order valence-electron chi connectivity index (χ1n) is 10.1. The Bertz CT molecular complexity index is 856. The van der Waals surface area contributed by atoms with Crippen molar-refractivity contribution in [3.05, 3.63) is 78.0 Å². The zero-order valence-corrected chi connectivity index (χ0v) is 16.2. The molecular weight excluding hydrogens is 330 g/mol. The fourth-order valence-electron chi connectivity index (χ4n) is 4.20. The summed E-state index contributed by atoms with van der Waals surface area (Å²) in [6.07, 6.45) is 5.61. The van der Waals surface area contributed by atoms with Crippen molar-refractivity contribution in [1.82, 2.24) is 14.8 Å². The van der Waals surface area contributed by atoms with E-state index in [1.165, 1.54) is 35.9 Å². The molecule has 3 heteroatoms. The minimum absolute atomic E-state index is 0.644. The molecule has 4 rings (SSSR count). The predicted octanol–water partition coefficient (Wildman–Crippen LogP) is 4.37. The molecule has 2 aromatic carbocycles. The summed E-state index contributed by atoms with van der Waals surface area (Å²) in [6, 6.07) is 22.2. The maximum absolute atomic E-state index is 4.63. The second kappa shape index (κ2) is 8.64. The molecule has 0 radical (unpaired) electrons. The van der Waals surface area contributed by atoms with E-state index in [1.807, 2.05) is 12.3 Å². The van der Waals surface area contributed by atoms with Gasteiger partial charge >= 0.3 is 0 Å². The van der Waals surface area contributed by atoms with Crippen molar-refractivity contribution >= 4 is 10.9 Å². The quantitative estimate of drug-likeness (QED) is 0.651. The van der Waals surface area contributed by atoms with Gasteiger partial charge in [-0.25, -0.2) is 0 Å². The third-order valence-corrected chi connectivity index (χ3v) is 5.81. The minimum Gasteiger partial charge on any atom is -0.302 e. The smallest absolute Gasteiger partial charge is 0.0746 e. The maximum atomic E-state index is 4.63. The van der Waals surface area contributed by atoms with Crippen molar-refractivity contribution in [2.75, 3.05) is 26.7 Å². The van der Waals surface area contributed by atoms with E-state index < -0.39 is 0 Å². The zero-order chi connectivity index (χ0) is 18.5. The molecule has 3 aromatic rings. The van der Waals surface area contributed by atoms with Gasteiger partial charge in [-0.2, -0.15) is 0 Å². The van der Waals surface area contributed by atoms with Gasteiger partial charge in [-0.3, -0.25) is 9.88 Å². The fraction of sp³-hybridized carbons (Fsp3) is 0.375. The van der Waals surface area contributed by atoms with Crippen LogP contribution < -0.4 is 0 Å². The highest BCUT2D eigenvalue weighted by Gasteiger charge is 2.23. The molecular formula is C24H29N3. The monoisotopic (exact) mass is 359 g/mol. The van der Waals surface area contributed by atoms with Crippen molar-refractivity contribution in [2.24, 2.45) is 0 Å². The third kappa shape index (κ3) is 4.55. The van der Waals surface area contributed by atoms with E-state index in [9.17, 15) is 0 Å². The summed E-state index contributed by atoms with van der Waals surface area (Å²) < 4.78 is 0. The molecule has 0 aliphatic carbocycles. The van der Waals surface area contributed by atoms with E-state index in [-0.39, 0.29) is 0 Å². The van der Waals surface area contributed by atoms with Crippen molar-refractivity contribution < 1.29 is 0 Å². The summed E-state index contributed by atoms with van der Waals surface area (Å²) in [5.41, 5.74) is 3.93. The van der Waals surface area contributed by atoms with E-state index in [2.05, 4.69) is 76.4 Å². The highest BCUT2D eigenvalue weighted by Crippen LogP contribution is 2.21. The first kappa shape index (κ1) is 18.1. The molecule has 0 amide bonds. The molecule has 0 N–H and O–H groups in total. The molecule has 0 spiro atoms. The number of rotatable bonds is 6. The number of aromatic nitrogens is 1. The molecule has 27 heavy (non-hydrogen) atoms. The number of benzene rings is 2. The van der Waals surface area contributed by atoms with Crippen molar-refractivity contribution in [3.8, 4) is 0 Å². The van der Waals surface area contributed by atoms with Crippen LogP contribution in [0.2, 0.25) is 0 Å². The summed E-state index contributed by atoms with van der Waals surface area (Å²) in [5, 5.41) is 1.24. The van der Waals surface area contributed by atoms with E-state index in [0.717, 1.165) is 31.6 Å². The molecule has 3 nitrogen and oxygen atoms in total. The number of likely N-dealkylation sites (tertiary alicyclic amines) is 1. The molecule has 2 heterocycles. The largest absolute Gasteiger partial charge is 0.302 e. The highest BCUT2D eigenvalue weighted by atomic mass is 15.2. The van der Waals surface area contributed by atoms with Crippen LogP contribution in [0.1, 0.15) is 24.0 Å². The average molecular weight is 360 g/mol. The van der Waals surface area contributed by atoms with Crippen molar-refractivity contribution in [3.63, 3.8) is 0 Å². The van der Waals surface area contributed by atoms with Gasteiger partial charge < -0.3 is 4.90 Å². The molecule has 140 valence electrons. The van der Waals surface area contributed by atoms with Gasteiger partial charge in [-0.05, 0) is 50.0 Å². The predicted molar refractivity (Wildman–Crippen MR) is 113 cm³/mol. The molecule has 1 aromatic heterocycles. The van der Waals surface area contributed by atoms with Crippen LogP contribution in [0.4, 0.5) is 0 Å². The topological polar surface area (TPSA) is 19.4 Å². The fourth-order valence-corrected chi connectivity index (χ4v) is 4.20. The second-order valence-corrected chi connectivity index (χ2v) is 7.74. The lowest BCUT2D eigenvalue weighted by atomic mass is 10.0. The summed E-state index contributed by atoms with van der Waals surface area (Å²) in [6.45, 7) is 4.45. The van der Waals surface area contributed by atoms with E-state index in [1.54, 1.807) is 0 Å². The Morgan fingerprint density at radius 3 is 2.78 bits per heavy atom. The summed E-state index contributed by atoms with van der Waals surface area (Å²) in [5.74, 6) is 0. The number of hydrogen-bond acceptors (Lipinski definition) is 3. The Morgan fingerprint density at radius 1 is 1.04 bits per heavy atom. The number of pyridine rings is 1. The molecule has 1 fully saturated rings. The molecule has 0 bridgehead atoms. The van der Waals surface area contributed by atoms with E-state index in [4.69, 9.17) is 0 Å². The molecule has 1 atom stereocenters. The molecule has 0 saturated carbocycles. The van der Waals surface area contributed by atoms with Crippen LogP contribution in [-0.2, 0) is 13.0 Å². The number of para-hydroxylation sites is 1. The first-order valence-corrected chi connectivity index (χ1v) is 10.1. The molecule has 1 aliphatic rings. The van der Waals surface area contributed by atoms with Crippen LogP contribution in [0.3, 0.4) is 0 Å². The Labute approximate surface area is 162 Å². The Morgan fingerprint density at radius 2 is 1.89 bits per heavy atom. The lowest BCUT2D eigenvalue weighted by molar-refractivity contribution is 0.112. The van der Waals surface area contributed by atoms with Gasteiger partial charge in [0.25, 0.3) is 0 Å². The number of fused-ring (bicyclic) bond motifs is 1. The lowest BCUT2D eigenvalue weighted by Crippen LogP contribution is -2.46. The van der Waals surface area contributed by atoms with Crippen LogP contribution >= 0.6 is 0 Å². The second-order valence-electron chi connectivity index (χ2n) is 7.74. The zero-order valence-electron chi connectivity index (χ0n) is 16.2. The third-order valence-electron chi connectivity index (χ3n) is 5.81. The molecule has 1 saturated heterocycles. The van der Waals surface area contributed by atoms with Gasteiger partial charge in [0.05, 0.1) is 5.52 Å². The Balaban J connectivity index is 1.37. The van der Waals surface area contributed by atoms with Crippen molar-refractivity contribution in [1.29, 1.82) is 0 Å². The van der Waals surface area contributed by atoms with Gasteiger partial charge in [0, 0.05) is 37.3 Å². The highest BCUT2D eigenvalue weighted by molar-refractivity contribution is 5.81. The normalized spacial score (nSPS) is 18.2. The summed E-state index contributed by atoms with van der Waals surface area (Å²) in [4.78, 5) is 9.79. The van der Waals surface area contributed by atoms with Gasteiger partial charge in [0.15, 0.2) is 0 Å². The summed E-state index contributed by atoms with van der Waals surface area (Å²) in [7, 11) is 2.29. The van der Waals surface area contributed by atoms with Crippen LogP contribution in [0.25, 0.3) is 10.9 Å². The van der Waals surface area contributed by atoms with Crippen molar-refractivity contribution in [2.45, 2.75) is 31.8 Å². The first-order chi connectivity index (χ1) is 13.3. The van der Waals surface area contributed by atoms with Gasteiger partial charge in [0.1, 0.15) is 0 Å². The van der Waals surface area contributed by atoms with E-state index >= 15 is 0 Å². The Hall–Kier alpha value is -2.23. The van der Waals surface area contributed by atoms with Gasteiger partial charge in [-0.1, -0.05) is 54.6 Å². The number of hydrogen-bond donors (Lipinski definition) is 0. The standard InChI is InChI=1S/C24H29N3/c1-26(17-14-20-8-3-2-4-9-20)23-13-7-16-27(19-23)18-22-11-5-10-21-12-6-15-25-24(21)22/h2-6,8-12,15,23H,7,13-14,16-19H2,1H3/t23-/m1/s1. The Kier molecular flexibility index (Phi) is 5.81. The van der Waals surface area contributed by atoms with Crippen LogP contribution in [0, 0.1) is 0 Å². The van der Waals surface area contributed by atoms with Crippen LogP contribution in [0.5, 0.6) is 0 Å². The van der Waals surface area contributed by atoms with Crippen LogP contribution in [0.15, 0.2) is 66.9 Å². The average Bonchev–Trinajstić information content (AvgIpc) is 2.73. The number of likely N-dealkylation sites (N-methyl/N-ethyl adjacent to an activating group) is 1. The maximum Gasteiger partial charge on any atom is 0.0746 e. The lowest BCUT2D eigenvalue weighted by Gasteiger charge is -2.38.